The van der Waals surface area contributed by atoms with Gasteiger partial charge < -0.3 is 0 Å². The van der Waals surface area contributed by atoms with Crippen molar-refractivity contribution in [3.63, 3.8) is 0 Å². The van der Waals surface area contributed by atoms with Crippen LogP contribution in [0.3, 0.4) is 0 Å². The molecule has 0 unspecified atom stereocenters. The van der Waals surface area contributed by atoms with Crippen molar-refractivity contribution in [2.75, 3.05) is 0 Å². The molecular formula is C18H18BF. The smallest absolute Gasteiger partial charge is 0.126 e. The van der Waals surface area contributed by atoms with Gasteiger partial charge in [-0.15, -0.1) is 5.47 Å². The van der Waals surface area contributed by atoms with Crippen LogP contribution in [-0.4, -0.2) is 7.85 Å². The molecule has 20 heavy (non-hydrogen) atoms. The van der Waals surface area contributed by atoms with E-state index in [0.29, 0.717) is 0 Å². The van der Waals surface area contributed by atoms with Gasteiger partial charge in [-0.1, -0.05) is 30.4 Å². The maximum Gasteiger partial charge on any atom is 0.126 e. The fourth-order valence-electron chi connectivity index (χ4n) is 3.03. The minimum Gasteiger partial charge on any atom is -0.207 e. The lowest BCUT2D eigenvalue weighted by atomic mass is 9.80. The van der Waals surface area contributed by atoms with Crippen molar-refractivity contribution in [1.29, 1.82) is 0 Å². The van der Waals surface area contributed by atoms with Crippen molar-refractivity contribution in [2.24, 2.45) is 0 Å². The van der Waals surface area contributed by atoms with E-state index in [1.807, 2.05) is 12.2 Å². The van der Waals surface area contributed by atoms with E-state index in [-0.39, 0.29) is 5.83 Å². The van der Waals surface area contributed by atoms with Crippen LogP contribution < -0.4 is 0 Å². The third-order valence-corrected chi connectivity index (χ3v) is 4.23. The Bertz CT molecular complexity index is 597. The Balaban J connectivity index is 1.86. The lowest BCUT2D eigenvalue weighted by Crippen LogP contribution is -2.05. The van der Waals surface area contributed by atoms with E-state index in [9.17, 15) is 4.39 Å². The average Bonchev–Trinajstić information content (AvgIpc) is 2.49. The average molecular weight is 264 g/mol. The van der Waals surface area contributed by atoms with Crippen LogP contribution in [0, 0.1) is 0 Å². The van der Waals surface area contributed by atoms with Crippen LogP contribution in [0.25, 0.3) is 0 Å². The van der Waals surface area contributed by atoms with Gasteiger partial charge in [-0.3, -0.25) is 0 Å². The minimum atomic E-state index is -0.0539. The molecule has 0 saturated heterocycles. The van der Waals surface area contributed by atoms with Crippen molar-refractivity contribution in [3.8, 4) is 0 Å². The third kappa shape index (κ3) is 2.79. The maximum absolute atomic E-state index is 14.4. The van der Waals surface area contributed by atoms with E-state index in [0.717, 1.165) is 55.1 Å². The molecule has 0 aromatic carbocycles. The summed E-state index contributed by atoms with van der Waals surface area (Å²) in [7, 11) is 5.76. The molecule has 0 aromatic heterocycles. The first-order chi connectivity index (χ1) is 9.74. The van der Waals surface area contributed by atoms with E-state index in [1.54, 1.807) is 6.08 Å². The summed E-state index contributed by atoms with van der Waals surface area (Å²) >= 11 is 0. The van der Waals surface area contributed by atoms with Crippen molar-refractivity contribution in [1.82, 2.24) is 0 Å². The molecular weight excluding hydrogens is 246 g/mol. The molecule has 0 fully saturated rings. The first kappa shape index (κ1) is 13.4. The Morgan fingerprint density at radius 1 is 0.850 bits per heavy atom. The lowest BCUT2D eigenvalue weighted by Gasteiger charge is -2.22. The van der Waals surface area contributed by atoms with Gasteiger partial charge in [0.15, 0.2) is 0 Å². The van der Waals surface area contributed by atoms with Crippen LogP contribution in [0.15, 0.2) is 70.0 Å². The second kappa shape index (κ2) is 5.82. The van der Waals surface area contributed by atoms with E-state index >= 15 is 0 Å². The summed E-state index contributed by atoms with van der Waals surface area (Å²) < 4.78 is 14.4. The Kier molecular flexibility index (Phi) is 3.91. The topological polar surface area (TPSA) is 0 Å². The third-order valence-electron chi connectivity index (χ3n) is 4.23. The van der Waals surface area contributed by atoms with Gasteiger partial charge in [0, 0.05) is 0 Å². The Morgan fingerprint density at radius 3 is 2.35 bits per heavy atom. The van der Waals surface area contributed by atoms with Gasteiger partial charge in [0.05, 0.1) is 0 Å². The molecule has 0 atom stereocenters. The highest BCUT2D eigenvalue weighted by Gasteiger charge is 2.19. The van der Waals surface area contributed by atoms with Crippen LogP contribution in [0.4, 0.5) is 4.39 Å². The quantitative estimate of drug-likeness (QED) is 0.617. The van der Waals surface area contributed by atoms with Gasteiger partial charge in [0.25, 0.3) is 0 Å². The number of hydrogen-bond donors (Lipinski definition) is 0. The van der Waals surface area contributed by atoms with Crippen molar-refractivity contribution in [3.05, 3.63) is 70.0 Å². The molecule has 0 amide bonds. The summed E-state index contributed by atoms with van der Waals surface area (Å²) in [6, 6.07) is 0. The molecule has 0 heterocycles. The first-order valence-corrected chi connectivity index (χ1v) is 7.35. The molecule has 0 N–H and O–H groups in total. The van der Waals surface area contributed by atoms with Crippen LogP contribution in [0.1, 0.15) is 38.5 Å². The second-order valence-corrected chi connectivity index (χ2v) is 5.59. The monoisotopic (exact) mass is 264 g/mol. The molecule has 3 aliphatic carbocycles. The summed E-state index contributed by atoms with van der Waals surface area (Å²) in [5.41, 5.74) is 5.35. The predicted octanol–water partition coefficient (Wildman–Crippen LogP) is 4.98. The van der Waals surface area contributed by atoms with Gasteiger partial charge in [-0.05, 0) is 66.9 Å². The molecule has 3 aliphatic rings. The predicted molar refractivity (Wildman–Crippen MR) is 83.1 cm³/mol. The molecule has 0 bridgehead atoms. The molecule has 2 radical (unpaired) electrons. The normalized spacial score (nSPS) is 23.1. The summed E-state index contributed by atoms with van der Waals surface area (Å²) in [5, 5.41) is 0. The molecule has 3 rings (SSSR count). The first-order valence-electron chi connectivity index (χ1n) is 7.35. The lowest BCUT2D eigenvalue weighted by molar-refractivity contribution is 0.630. The van der Waals surface area contributed by atoms with Gasteiger partial charge in [-0.25, -0.2) is 4.39 Å². The zero-order valence-electron chi connectivity index (χ0n) is 11.7. The molecule has 2 heteroatoms. The molecule has 0 aliphatic heterocycles. The second-order valence-electron chi connectivity index (χ2n) is 5.59. The standard InChI is InChI=1S/C18H18BF/c19-16-9-6-14(7-10-16)17-11-8-15(12-18(17)20)13-4-2-1-3-5-13/h1-2,4,6,9,12H,3,5,7-8,10-11H2. The van der Waals surface area contributed by atoms with Gasteiger partial charge in [0.1, 0.15) is 13.7 Å². The van der Waals surface area contributed by atoms with Crippen LogP contribution in [0.2, 0.25) is 0 Å². The van der Waals surface area contributed by atoms with Crippen molar-refractivity contribution < 1.29 is 4.39 Å². The number of hydrogen-bond acceptors (Lipinski definition) is 0. The summed E-state index contributed by atoms with van der Waals surface area (Å²) in [5.74, 6) is -0.0539. The van der Waals surface area contributed by atoms with Crippen LogP contribution in [0.5, 0.6) is 0 Å². The number of allylic oxidation sites excluding steroid dienone is 12. The van der Waals surface area contributed by atoms with Gasteiger partial charge in [-0.2, -0.15) is 0 Å². The SMILES string of the molecule is [B]C1=CC=C(C2=C(F)C=C(C3=CC=CCC3)CC2)CC1. The van der Waals surface area contributed by atoms with E-state index in [1.165, 1.54) is 11.1 Å². The fourth-order valence-corrected chi connectivity index (χ4v) is 3.03. The summed E-state index contributed by atoms with van der Waals surface area (Å²) in [6.07, 6.45) is 17.5. The molecule has 100 valence electrons. The van der Waals surface area contributed by atoms with Gasteiger partial charge >= 0.3 is 0 Å². The summed E-state index contributed by atoms with van der Waals surface area (Å²) in [6.45, 7) is 0. The van der Waals surface area contributed by atoms with Crippen molar-refractivity contribution >= 4 is 7.85 Å². The molecule has 0 aromatic rings. The zero-order chi connectivity index (χ0) is 13.9. The number of halogens is 1. The van der Waals surface area contributed by atoms with E-state index < -0.39 is 0 Å². The molecule has 0 nitrogen and oxygen atoms in total. The van der Waals surface area contributed by atoms with Crippen LogP contribution in [-0.2, 0) is 0 Å². The van der Waals surface area contributed by atoms with E-state index in [2.05, 4.69) is 18.2 Å². The largest absolute Gasteiger partial charge is 0.207 e. The zero-order valence-corrected chi connectivity index (χ0v) is 11.7. The van der Waals surface area contributed by atoms with Crippen molar-refractivity contribution in [2.45, 2.75) is 38.5 Å². The maximum atomic E-state index is 14.4. The fraction of sp³-hybridized carbons (Fsp3) is 0.333. The Hall–Kier alpha value is -1.57. The van der Waals surface area contributed by atoms with Gasteiger partial charge in [0.2, 0.25) is 0 Å². The summed E-state index contributed by atoms with van der Waals surface area (Å²) in [4.78, 5) is 0. The van der Waals surface area contributed by atoms with Crippen LogP contribution >= 0.6 is 0 Å². The van der Waals surface area contributed by atoms with E-state index in [4.69, 9.17) is 7.85 Å². The number of rotatable bonds is 2. The minimum absolute atomic E-state index is 0.0539. The Labute approximate surface area is 121 Å². The Morgan fingerprint density at radius 2 is 1.70 bits per heavy atom. The highest BCUT2D eigenvalue weighted by molar-refractivity contribution is 6.21. The highest BCUT2D eigenvalue weighted by Crippen LogP contribution is 2.37. The molecule has 0 saturated carbocycles. The molecule has 0 spiro atoms. The highest BCUT2D eigenvalue weighted by atomic mass is 19.1.